The van der Waals surface area contributed by atoms with Crippen molar-refractivity contribution >= 4 is 65.7 Å². The minimum Gasteiger partial charge on any atom is -0.508 e. The molecule has 2 aromatic rings. The van der Waals surface area contributed by atoms with E-state index in [4.69, 9.17) is 66.3 Å². The van der Waals surface area contributed by atoms with Crippen LogP contribution in [0.3, 0.4) is 0 Å². The van der Waals surface area contributed by atoms with Gasteiger partial charge in [0.1, 0.15) is 31.2 Å². The summed E-state index contributed by atoms with van der Waals surface area (Å²) < 4.78 is 78.1. The molecular weight excluding hydrogens is 973 g/mol. The highest BCUT2D eigenvalue weighted by molar-refractivity contribution is 6.02. The molecule has 4 rings (SSSR count). The molecule has 10 atom stereocenters. The zero-order valence-corrected chi connectivity index (χ0v) is 41.4. The highest BCUT2D eigenvalue weighted by atomic mass is 16.8. The first-order valence-electron chi connectivity index (χ1n) is 22.1. The molecule has 0 radical (unpaired) electrons. The lowest BCUT2D eigenvalue weighted by Crippen LogP contribution is -2.63. The number of methoxy groups -OCH3 is 2. The third kappa shape index (κ3) is 17.7. The second-order valence-corrected chi connectivity index (χ2v) is 15.8. The van der Waals surface area contributed by atoms with Gasteiger partial charge in [-0.3, -0.25) is 43.2 Å². The fraction of sp³-hybridized carbons (Fsp3) is 0.449. The molecule has 0 saturated carbocycles. The number of ether oxygens (including phenoxy) is 14. The SMILES string of the molecule is COc1cc(/C=C/C(=O)/C=C(O)/C=C/c2ccc(O[C@@H]3O[C@H](COC(C)=O)[C@H](OC(C)=O)[C@H](OC(C)=O)[C@H]3OC(C)=O)c(OC)c2)ccc1O[C@@H]1O[C@H](COC(C)=O)[C@H](OC(C)=O)[C@H](OC(C)=O)[C@H]1OC(C)=O. The van der Waals surface area contributed by atoms with Crippen LogP contribution in [0.25, 0.3) is 12.2 Å². The smallest absolute Gasteiger partial charge is 0.303 e. The quantitative estimate of drug-likeness (QED) is 0.0616. The van der Waals surface area contributed by atoms with Crippen molar-refractivity contribution in [3.8, 4) is 23.0 Å². The van der Waals surface area contributed by atoms with Crippen LogP contribution in [0.5, 0.6) is 23.0 Å². The van der Waals surface area contributed by atoms with Crippen LogP contribution >= 0.6 is 0 Å². The van der Waals surface area contributed by atoms with Gasteiger partial charge in [0.15, 0.2) is 53.2 Å². The van der Waals surface area contributed by atoms with Crippen molar-refractivity contribution in [3.05, 3.63) is 71.5 Å². The Kier molecular flexibility index (Phi) is 21.3. The number of hydrogen-bond donors (Lipinski definition) is 1. The summed E-state index contributed by atoms with van der Waals surface area (Å²) in [4.78, 5) is 109. The zero-order valence-electron chi connectivity index (χ0n) is 41.4. The van der Waals surface area contributed by atoms with Crippen LogP contribution in [-0.2, 0) is 90.5 Å². The van der Waals surface area contributed by atoms with E-state index >= 15 is 0 Å². The van der Waals surface area contributed by atoms with E-state index in [-0.39, 0.29) is 23.0 Å². The van der Waals surface area contributed by atoms with Crippen molar-refractivity contribution in [1.29, 1.82) is 0 Å². The third-order valence-corrected chi connectivity index (χ3v) is 9.93. The maximum Gasteiger partial charge on any atom is 0.303 e. The van der Waals surface area contributed by atoms with E-state index < -0.39 is 134 Å². The molecular formula is C49H56O24. The van der Waals surface area contributed by atoms with E-state index in [0.717, 1.165) is 67.5 Å². The van der Waals surface area contributed by atoms with E-state index in [1.165, 1.54) is 68.8 Å². The van der Waals surface area contributed by atoms with Crippen molar-refractivity contribution in [2.45, 2.75) is 117 Å². The Morgan fingerprint density at radius 2 is 0.808 bits per heavy atom. The summed E-state index contributed by atoms with van der Waals surface area (Å²) in [7, 11) is 2.64. The molecule has 2 fully saturated rings. The summed E-state index contributed by atoms with van der Waals surface area (Å²) in [5, 5.41) is 10.6. The minimum atomic E-state index is -1.55. The summed E-state index contributed by atoms with van der Waals surface area (Å²) in [5.74, 6) is -7.17. The molecule has 0 unspecified atom stereocenters. The predicted molar refractivity (Wildman–Crippen MR) is 245 cm³/mol. The maximum atomic E-state index is 12.9. The molecule has 2 aromatic carbocycles. The van der Waals surface area contributed by atoms with Crippen molar-refractivity contribution in [2.75, 3.05) is 27.4 Å². The molecule has 2 saturated heterocycles. The molecule has 0 aromatic heterocycles. The van der Waals surface area contributed by atoms with Crippen LogP contribution in [-0.4, -0.2) is 147 Å². The van der Waals surface area contributed by atoms with Crippen molar-refractivity contribution in [3.63, 3.8) is 0 Å². The molecule has 2 aliphatic rings. The molecule has 396 valence electrons. The molecule has 24 heteroatoms. The Bertz CT molecular complexity index is 2460. The molecule has 1 N–H and O–H groups in total. The first-order valence-corrected chi connectivity index (χ1v) is 22.1. The van der Waals surface area contributed by atoms with Crippen molar-refractivity contribution in [2.24, 2.45) is 0 Å². The first kappa shape index (κ1) is 57.6. The van der Waals surface area contributed by atoms with Crippen LogP contribution in [0.1, 0.15) is 66.5 Å². The van der Waals surface area contributed by atoms with E-state index in [1.54, 1.807) is 0 Å². The van der Waals surface area contributed by atoms with Crippen molar-refractivity contribution in [1.82, 2.24) is 0 Å². The molecule has 73 heavy (non-hydrogen) atoms. The van der Waals surface area contributed by atoms with Crippen LogP contribution in [0, 0.1) is 0 Å². The molecule has 0 spiro atoms. The zero-order chi connectivity index (χ0) is 54.1. The van der Waals surface area contributed by atoms with Crippen LogP contribution in [0.15, 0.2) is 60.4 Å². The van der Waals surface area contributed by atoms with Crippen LogP contribution < -0.4 is 18.9 Å². The monoisotopic (exact) mass is 1030 g/mol. The minimum absolute atomic E-state index is 0.0199. The summed E-state index contributed by atoms with van der Waals surface area (Å²) in [6.07, 6.45) is -8.26. The molecule has 0 aliphatic carbocycles. The maximum absolute atomic E-state index is 12.9. The number of allylic oxidation sites excluding steroid dienone is 3. The topological polar surface area (TPSA) is 303 Å². The Hall–Kier alpha value is -7.99. The molecule has 2 aliphatic heterocycles. The predicted octanol–water partition coefficient (Wildman–Crippen LogP) is 3.37. The van der Waals surface area contributed by atoms with Gasteiger partial charge < -0.3 is 71.4 Å². The van der Waals surface area contributed by atoms with E-state index in [1.807, 2.05) is 0 Å². The second kappa shape index (κ2) is 27.0. The molecule has 2 heterocycles. The Balaban J connectivity index is 1.52. The number of ketones is 1. The Morgan fingerprint density at radius 1 is 0.466 bits per heavy atom. The van der Waals surface area contributed by atoms with E-state index in [2.05, 4.69) is 0 Å². The van der Waals surface area contributed by atoms with Crippen LogP contribution in [0.2, 0.25) is 0 Å². The standard InChI is InChI=1S/C49H56O24/c1-24(50)62-22-40-42(64-26(3)52)44(66-28(5)54)46(68-30(7)56)48(72-40)70-36-17-13-32(19-38(36)60-9)11-15-34(58)21-35(59)16-12-33-14-18-37(39(20-33)61-10)71-49-47(69-31(8)57)45(67-29(6)55)43(65-27(4)53)41(73-49)23-63-25(2)51/h11-21,40-49,58H,22-23H2,1-10H3/b15-11+,16-12+,34-21-/t40-,41-,42+,43+,44+,45+,46-,47-,48-,49-/m1/s1. The van der Waals surface area contributed by atoms with Gasteiger partial charge in [-0.1, -0.05) is 24.3 Å². The van der Waals surface area contributed by atoms with Gasteiger partial charge in [-0.25, -0.2) is 0 Å². The van der Waals surface area contributed by atoms with Gasteiger partial charge in [-0.2, -0.15) is 0 Å². The van der Waals surface area contributed by atoms with Gasteiger partial charge in [0.05, 0.1) is 14.2 Å². The second-order valence-electron chi connectivity index (χ2n) is 15.8. The van der Waals surface area contributed by atoms with Gasteiger partial charge in [0.2, 0.25) is 24.8 Å². The number of rotatable bonds is 21. The van der Waals surface area contributed by atoms with Gasteiger partial charge in [0, 0.05) is 61.5 Å². The first-order chi connectivity index (χ1) is 34.5. The number of benzene rings is 2. The van der Waals surface area contributed by atoms with Crippen molar-refractivity contribution < 1.29 is 115 Å². The lowest BCUT2D eigenvalue weighted by Gasteiger charge is -2.44. The largest absolute Gasteiger partial charge is 0.508 e. The average Bonchev–Trinajstić information content (AvgIpc) is 3.29. The normalized spacial score (nSPS) is 23.7. The third-order valence-electron chi connectivity index (χ3n) is 9.93. The summed E-state index contributed by atoms with van der Waals surface area (Å²) in [6, 6.07) is 8.89. The highest BCUT2D eigenvalue weighted by Crippen LogP contribution is 2.37. The van der Waals surface area contributed by atoms with Gasteiger partial charge in [0.25, 0.3) is 0 Å². The number of carbonyl (C=O) groups is 9. The van der Waals surface area contributed by atoms with Gasteiger partial charge >= 0.3 is 47.8 Å². The van der Waals surface area contributed by atoms with E-state index in [9.17, 15) is 48.3 Å². The fourth-order valence-corrected chi connectivity index (χ4v) is 7.19. The van der Waals surface area contributed by atoms with E-state index in [0.29, 0.717) is 11.1 Å². The Morgan fingerprint density at radius 3 is 1.15 bits per heavy atom. The fourth-order valence-electron chi connectivity index (χ4n) is 7.19. The highest BCUT2D eigenvalue weighted by Gasteiger charge is 2.55. The van der Waals surface area contributed by atoms with Gasteiger partial charge in [-0.05, 0) is 47.5 Å². The average molecular weight is 1030 g/mol. The summed E-state index contributed by atoms with van der Waals surface area (Å²) in [5.41, 5.74) is 0.854. The number of carbonyl (C=O) groups excluding carboxylic acids is 9. The Labute approximate surface area is 418 Å². The molecule has 24 nitrogen and oxygen atoms in total. The lowest BCUT2D eigenvalue weighted by atomic mass is 9.98. The number of aliphatic hydroxyl groups is 1. The number of esters is 8. The molecule has 0 bridgehead atoms. The summed E-state index contributed by atoms with van der Waals surface area (Å²) in [6.45, 7) is 7.84. The number of hydrogen-bond acceptors (Lipinski definition) is 24. The lowest BCUT2D eigenvalue weighted by molar-refractivity contribution is -0.288. The van der Waals surface area contributed by atoms with Crippen LogP contribution in [0.4, 0.5) is 0 Å². The number of aliphatic hydroxyl groups excluding tert-OH is 1. The van der Waals surface area contributed by atoms with Gasteiger partial charge in [-0.15, -0.1) is 0 Å². The summed E-state index contributed by atoms with van der Waals surface area (Å²) >= 11 is 0. The molecule has 0 amide bonds.